The van der Waals surface area contributed by atoms with Gasteiger partial charge in [-0.3, -0.25) is 0 Å². The van der Waals surface area contributed by atoms with Crippen LogP contribution in [0.25, 0.3) is 17.1 Å². The Balaban J connectivity index is 2.22. The number of rotatable bonds is 2. The molecule has 2 N–H and O–H groups in total. The number of aryl methyl sites for hydroxylation is 1. The number of aromatic nitrogens is 4. The van der Waals surface area contributed by atoms with E-state index in [1.807, 2.05) is 32.0 Å². The van der Waals surface area contributed by atoms with E-state index in [2.05, 4.69) is 15.5 Å². The van der Waals surface area contributed by atoms with Gasteiger partial charge in [-0.05, 0) is 59.7 Å². The van der Waals surface area contributed by atoms with Crippen LogP contribution in [0, 0.1) is 19.7 Å². The molecule has 0 radical (unpaired) electrons. The molecule has 0 amide bonds. The van der Waals surface area contributed by atoms with Crippen molar-refractivity contribution in [1.29, 1.82) is 0 Å². The number of benzene rings is 2. The van der Waals surface area contributed by atoms with Crippen molar-refractivity contribution in [3.63, 3.8) is 0 Å². The van der Waals surface area contributed by atoms with Gasteiger partial charge >= 0.3 is 0 Å². The standard InChI is InChI=1S/C15H14FN5/c1-9-4-3-5-14(10(9)2)21-15(18-19-20-21)12-8-11(17)6-7-13(12)16/h3-8H,17H2,1-2H3. The Morgan fingerprint density at radius 1 is 1.14 bits per heavy atom. The molecule has 1 aromatic heterocycles. The summed E-state index contributed by atoms with van der Waals surface area (Å²) in [6, 6.07) is 10.2. The molecule has 0 unspecified atom stereocenters. The molecule has 0 aliphatic rings. The van der Waals surface area contributed by atoms with E-state index < -0.39 is 5.82 Å². The van der Waals surface area contributed by atoms with Crippen molar-refractivity contribution >= 4 is 5.69 Å². The van der Waals surface area contributed by atoms with Crippen LogP contribution in [0.5, 0.6) is 0 Å². The molecule has 3 rings (SSSR count). The van der Waals surface area contributed by atoms with Gasteiger partial charge in [-0.15, -0.1) is 5.10 Å². The van der Waals surface area contributed by atoms with E-state index in [0.717, 1.165) is 16.8 Å². The average Bonchev–Trinajstić information content (AvgIpc) is 2.93. The summed E-state index contributed by atoms with van der Waals surface area (Å²) in [7, 11) is 0. The fraction of sp³-hybridized carbons (Fsp3) is 0.133. The van der Waals surface area contributed by atoms with Gasteiger partial charge in [-0.1, -0.05) is 12.1 Å². The highest BCUT2D eigenvalue weighted by Crippen LogP contribution is 2.26. The maximum absolute atomic E-state index is 14.0. The second kappa shape index (κ2) is 4.97. The highest BCUT2D eigenvalue weighted by Gasteiger charge is 2.16. The first-order valence-electron chi connectivity index (χ1n) is 6.48. The Morgan fingerprint density at radius 3 is 2.76 bits per heavy atom. The Hall–Kier alpha value is -2.76. The number of halogens is 1. The lowest BCUT2D eigenvalue weighted by Crippen LogP contribution is -2.04. The quantitative estimate of drug-likeness (QED) is 0.734. The summed E-state index contributed by atoms with van der Waals surface area (Å²) in [5.74, 6) is -0.0842. The third-order valence-corrected chi connectivity index (χ3v) is 3.51. The van der Waals surface area contributed by atoms with E-state index in [0.29, 0.717) is 11.5 Å². The molecule has 2 aromatic carbocycles. The van der Waals surface area contributed by atoms with Gasteiger partial charge in [-0.2, -0.15) is 4.68 Å². The molecule has 0 fully saturated rings. The zero-order chi connectivity index (χ0) is 15.0. The summed E-state index contributed by atoms with van der Waals surface area (Å²) in [6.45, 7) is 3.98. The van der Waals surface area contributed by atoms with Gasteiger partial charge in [0.2, 0.25) is 0 Å². The summed E-state index contributed by atoms with van der Waals surface area (Å²) < 4.78 is 15.6. The van der Waals surface area contributed by atoms with E-state index in [1.165, 1.54) is 22.9 Å². The van der Waals surface area contributed by atoms with E-state index in [-0.39, 0.29) is 5.56 Å². The van der Waals surface area contributed by atoms with Crippen LogP contribution in [0.1, 0.15) is 11.1 Å². The van der Waals surface area contributed by atoms with Crippen molar-refractivity contribution in [2.45, 2.75) is 13.8 Å². The molecule has 106 valence electrons. The van der Waals surface area contributed by atoms with Crippen molar-refractivity contribution < 1.29 is 4.39 Å². The molecular weight excluding hydrogens is 269 g/mol. The van der Waals surface area contributed by atoms with E-state index in [1.54, 1.807) is 0 Å². The molecule has 0 spiro atoms. The molecular formula is C15H14FN5. The van der Waals surface area contributed by atoms with E-state index in [4.69, 9.17) is 5.73 Å². The third kappa shape index (κ3) is 2.24. The molecule has 0 saturated heterocycles. The number of hydrogen-bond acceptors (Lipinski definition) is 4. The van der Waals surface area contributed by atoms with Gasteiger partial charge in [0, 0.05) is 5.69 Å². The highest BCUT2D eigenvalue weighted by atomic mass is 19.1. The van der Waals surface area contributed by atoms with Crippen LogP contribution in [0.3, 0.4) is 0 Å². The fourth-order valence-corrected chi connectivity index (χ4v) is 2.20. The van der Waals surface area contributed by atoms with Crippen LogP contribution < -0.4 is 5.73 Å². The van der Waals surface area contributed by atoms with E-state index >= 15 is 0 Å². The predicted octanol–water partition coefficient (Wildman–Crippen LogP) is 2.67. The second-order valence-electron chi connectivity index (χ2n) is 4.87. The smallest absolute Gasteiger partial charge is 0.190 e. The monoisotopic (exact) mass is 283 g/mol. The van der Waals surface area contributed by atoms with Crippen molar-refractivity contribution in [1.82, 2.24) is 20.2 Å². The molecule has 0 aliphatic carbocycles. The molecule has 0 atom stereocenters. The molecule has 0 saturated carbocycles. The highest BCUT2D eigenvalue weighted by molar-refractivity contribution is 5.64. The zero-order valence-electron chi connectivity index (χ0n) is 11.7. The van der Waals surface area contributed by atoms with Gasteiger partial charge in [0.05, 0.1) is 11.3 Å². The summed E-state index contributed by atoms with van der Waals surface area (Å²) in [5.41, 5.74) is 9.44. The molecule has 3 aromatic rings. The molecule has 1 heterocycles. The first kappa shape index (κ1) is 13.2. The third-order valence-electron chi connectivity index (χ3n) is 3.51. The molecule has 0 aliphatic heterocycles. The van der Waals surface area contributed by atoms with Gasteiger partial charge in [0.1, 0.15) is 5.82 Å². The zero-order valence-corrected chi connectivity index (χ0v) is 11.7. The van der Waals surface area contributed by atoms with Crippen molar-refractivity contribution in [3.05, 3.63) is 53.3 Å². The second-order valence-corrected chi connectivity index (χ2v) is 4.87. The number of nitrogens with two attached hydrogens (primary N) is 1. The normalized spacial score (nSPS) is 10.8. The minimum atomic E-state index is -0.412. The summed E-state index contributed by atoms with van der Waals surface area (Å²) >= 11 is 0. The summed E-state index contributed by atoms with van der Waals surface area (Å²) in [4.78, 5) is 0. The van der Waals surface area contributed by atoms with Crippen molar-refractivity contribution in [2.75, 3.05) is 5.73 Å². The Morgan fingerprint density at radius 2 is 1.95 bits per heavy atom. The molecule has 21 heavy (non-hydrogen) atoms. The van der Waals surface area contributed by atoms with Crippen LogP contribution >= 0.6 is 0 Å². The lowest BCUT2D eigenvalue weighted by molar-refractivity contribution is 0.629. The first-order valence-corrected chi connectivity index (χ1v) is 6.48. The summed E-state index contributed by atoms with van der Waals surface area (Å²) in [5, 5.41) is 11.6. The van der Waals surface area contributed by atoms with Gasteiger partial charge in [0.25, 0.3) is 0 Å². The van der Waals surface area contributed by atoms with Gasteiger partial charge in [-0.25, -0.2) is 4.39 Å². The molecule has 0 bridgehead atoms. The van der Waals surface area contributed by atoms with Gasteiger partial charge < -0.3 is 5.73 Å². The van der Waals surface area contributed by atoms with Crippen LogP contribution in [-0.4, -0.2) is 20.2 Å². The number of nitrogens with zero attached hydrogens (tertiary/aromatic N) is 4. The molecule has 5 nitrogen and oxygen atoms in total. The SMILES string of the molecule is Cc1cccc(-n2nnnc2-c2cc(N)ccc2F)c1C. The number of anilines is 1. The predicted molar refractivity (Wildman–Crippen MR) is 78.4 cm³/mol. The number of hydrogen-bond donors (Lipinski definition) is 1. The maximum atomic E-state index is 14.0. The van der Waals surface area contributed by atoms with Gasteiger partial charge in [0.15, 0.2) is 5.82 Å². The minimum absolute atomic E-state index is 0.279. The van der Waals surface area contributed by atoms with Crippen molar-refractivity contribution in [2.24, 2.45) is 0 Å². The Kier molecular flexibility index (Phi) is 3.13. The van der Waals surface area contributed by atoms with Crippen LogP contribution in [0.2, 0.25) is 0 Å². The Bertz CT molecular complexity index is 793. The maximum Gasteiger partial charge on any atom is 0.190 e. The Labute approximate surface area is 121 Å². The number of tetrazole rings is 1. The molecule has 6 heteroatoms. The van der Waals surface area contributed by atoms with Crippen LogP contribution in [0.4, 0.5) is 10.1 Å². The van der Waals surface area contributed by atoms with Crippen LogP contribution in [0.15, 0.2) is 36.4 Å². The fourth-order valence-electron chi connectivity index (χ4n) is 2.20. The average molecular weight is 283 g/mol. The largest absolute Gasteiger partial charge is 0.399 e. The minimum Gasteiger partial charge on any atom is -0.399 e. The first-order chi connectivity index (χ1) is 10.1. The lowest BCUT2D eigenvalue weighted by Gasteiger charge is -2.10. The van der Waals surface area contributed by atoms with Crippen LogP contribution in [-0.2, 0) is 0 Å². The number of nitrogen functional groups attached to an aromatic ring is 1. The van der Waals surface area contributed by atoms with E-state index in [9.17, 15) is 4.39 Å². The lowest BCUT2D eigenvalue weighted by atomic mass is 10.1. The van der Waals surface area contributed by atoms with Crippen molar-refractivity contribution in [3.8, 4) is 17.1 Å². The summed E-state index contributed by atoms with van der Waals surface area (Å²) in [6.07, 6.45) is 0. The topological polar surface area (TPSA) is 69.6 Å².